The normalized spacial score (nSPS) is 19.5. The van der Waals surface area contributed by atoms with Gasteiger partial charge >= 0.3 is 35.3 Å². The number of nitrogens with zero attached hydrogens (tertiary/aromatic N) is 6. The van der Waals surface area contributed by atoms with E-state index in [1.807, 2.05) is 0 Å². The monoisotopic (exact) mass is 1010 g/mol. The zero-order chi connectivity index (χ0) is 48.5. The zero-order valence-electron chi connectivity index (χ0n) is 34.9. The van der Waals surface area contributed by atoms with Gasteiger partial charge in [-0.3, -0.25) is 9.13 Å². The summed E-state index contributed by atoms with van der Waals surface area (Å²) in [5.74, 6) is -2.84. The minimum atomic E-state index is -0.865. The van der Waals surface area contributed by atoms with Crippen LogP contribution in [0.4, 0.5) is 11.9 Å². The van der Waals surface area contributed by atoms with Crippen molar-refractivity contribution in [2.45, 2.75) is 49.7 Å². The molecule has 4 N–H and O–H groups in total. The number of hydrogen-bond donors (Lipinski definition) is 2. The van der Waals surface area contributed by atoms with E-state index in [1.165, 1.54) is 61.2 Å². The van der Waals surface area contributed by atoms with Crippen molar-refractivity contribution in [1.82, 2.24) is 29.1 Å². The number of benzene rings is 4. The van der Waals surface area contributed by atoms with Gasteiger partial charge in [0.25, 0.3) is 0 Å². The van der Waals surface area contributed by atoms with Crippen molar-refractivity contribution in [2.75, 3.05) is 24.7 Å². The lowest BCUT2D eigenvalue weighted by molar-refractivity contribution is -0.0586. The molecule has 20 nitrogen and oxygen atoms in total. The van der Waals surface area contributed by atoms with E-state index in [9.17, 15) is 28.8 Å². The highest BCUT2D eigenvalue weighted by atomic mass is 35.5. The highest BCUT2D eigenvalue weighted by Crippen LogP contribution is 2.33. The second-order valence-corrected chi connectivity index (χ2v) is 16.4. The van der Waals surface area contributed by atoms with Crippen molar-refractivity contribution < 1.29 is 47.6 Å². The Morgan fingerprint density at radius 2 is 0.809 bits per heavy atom. The summed E-state index contributed by atoms with van der Waals surface area (Å²) in [6.45, 7) is -0.470. The van der Waals surface area contributed by atoms with E-state index in [2.05, 4.69) is 19.9 Å². The number of hydrogen-bond acceptors (Lipinski definition) is 18. The Balaban J connectivity index is 0.000000201. The summed E-state index contributed by atoms with van der Waals surface area (Å²) in [6.07, 6.45) is -2.56. The third kappa shape index (κ3) is 12.7. The van der Waals surface area contributed by atoms with Crippen LogP contribution < -0.4 is 22.8 Å². The second-order valence-electron chi connectivity index (χ2n) is 14.7. The van der Waals surface area contributed by atoms with Crippen LogP contribution in [0.5, 0.6) is 0 Å². The number of carbonyl (C=O) groups is 4. The van der Waals surface area contributed by atoms with E-state index >= 15 is 0 Å². The maximum atomic E-state index is 12.7. The molecule has 6 aromatic rings. The van der Waals surface area contributed by atoms with Crippen molar-refractivity contribution in [3.8, 4) is 0 Å². The van der Waals surface area contributed by atoms with Gasteiger partial charge < -0.3 is 39.9 Å². The molecule has 2 aliphatic heterocycles. The van der Waals surface area contributed by atoms with Gasteiger partial charge in [0.2, 0.25) is 11.9 Å². The molecule has 6 atom stereocenters. The summed E-state index contributed by atoms with van der Waals surface area (Å²) in [5, 5.41) is 1.89. The molecule has 4 heterocycles. The highest BCUT2D eigenvalue weighted by Gasteiger charge is 2.42. The average molecular weight is 1010 g/mol. The third-order valence-corrected chi connectivity index (χ3v) is 11.1. The largest absolute Gasteiger partial charge is 0.459 e. The van der Waals surface area contributed by atoms with Crippen LogP contribution >= 0.6 is 46.4 Å². The van der Waals surface area contributed by atoms with Gasteiger partial charge in [-0.2, -0.15) is 9.97 Å². The molecule has 0 saturated carbocycles. The van der Waals surface area contributed by atoms with E-state index in [-0.39, 0.29) is 60.2 Å². The van der Waals surface area contributed by atoms with Gasteiger partial charge in [-0.25, -0.2) is 38.7 Å². The van der Waals surface area contributed by atoms with Crippen LogP contribution in [0.15, 0.2) is 119 Å². The first-order valence-electron chi connectivity index (χ1n) is 20.1. The topological polar surface area (TPSA) is 271 Å². The molecule has 0 radical (unpaired) electrons. The summed E-state index contributed by atoms with van der Waals surface area (Å²) in [4.78, 5) is 89.4. The SMILES string of the molecule is Nc1ncn([C@@H]2C[C@@H](OC(=O)c3ccc(Cl)cc3)[C@@H](COC(=O)c3ccc(Cl)cc3)O2)c(=O)n1.Nc1ncn([C@H]2C[C@@H](OC(=O)c3ccc(Cl)cc3)[C@@H](COC(=O)c3ccc(Cl)cc3)O2)c(=O)n1. The Hall–Kier alpha value is -6.94. The molecule has 24 heteroatoms. The summed E-state index contributed by atoms with van der Waals surface area (Å²) in [5.41, 5.74) is 10.7. The molecule has 0 amide bonds. The fraction of sp³-hybridized carbons (Fsp3) is 0.227. The van der Waals surface area contributed by atoms with E-state index in [0.717, 1.165) is 9.13 Å². The van der Waals surface area contributed by atoms with Crippen LogP contribution in [0.3, 0.4) is 0 Å². The fourth-order valence-corrected chi connectivity index (χ4v) is 7.14. The molecule has 0 unspecified atom stereocenters. The fourth-order valence-electron chi connectivity index (χ4n) is 6.63. The maximum Gasteiger partial charge on any atom is 0.354 e. The Morgan fingerprint density at radius 3 is 1.10 bits per heavy atom. The van der Waals surface area contributed by atoms with Crippen LogP contribution in [0.1, 0.15) is 66.7 Å². The van der Waals surface area contributed by atoms with Gasteiger partial charge in [0.05, 0.1) is 22.3 Å². The number of nitrogens with two attached hydrogens (primary N) is 2. The minimum absolute atomic E-state index is 0.0929. The molecule has 2 aliphatic rings. The Kier molecular flexibility index (Phi) is 16.0. The number of rotatable bonds is 12. The van der Waals surface area contributed by atoms with Gasteiger partial charge in [0, 0.05) is 32.9 Å². The third-order valence-electron chi connectivity index (χ3n) is 10.1. The molecule has 0 spiro atoms. The van der Waals surface area contributed by atoms with Crippen molar-refractivity contribution in [1.29, 1.82) is 0 Å². The van der Waals surface area contributed by atoms with Gasteiger partial charge in [0.15, 0.2) is 0 Å². The summed E-state index contributed by atoms with van der Waals surface area (Å²) in [6, 6.07) is 24.6. The summed E-state index contributed by atoms with van der Waals surface area (Å²) in [7, 11) is 0. The Labute approximate surface area is 404 Å². The number of halogens is 4. The predicted octanol–water partition coefficient (Wildman–Crippen LogP) is 5.79. The first-order valence-corrected chi connectivity index (χ1v) is 21.6. The van der Waals surface area contributed by atoms with Gasteiger partial charge in [-0.1, -0.05) is 46.4 Å². The number of ether oxygens (including phenoxy) is 6. The lowest BCUT2D eigenvalue weighted by Crippen LogP contribution is -2.32. The number of esters is 4. The van der Waals surface area contributed by atoms with E-state index in [4.69, 9.17) is 86.3 Å². The molecule has 2 saturated heterocycles. The van der Waals surface area contributed by atoms with E-state index < -0.39 is 72.1 Å². The van der Waals surface area contributed by atoms with Crippen molar-refractivity contribution >= 4 is 82.2 Å². The lowest BCUT2D eigenvalue weighted by atomic mass is 10.1. The molecular weight excluding hydrogens is 974 g/mol. The number of aromatic nitrogens is 6. The van der Waals surface area contributed by atoms with Gasteiger partial charge in [-0.05, 0) is 97.1 Å². The standard InChI is InChI=1S/2C22H18Cl2N4O6/c2*23-14-5-1-12(2-6-14)19(29)32-10-17-16(34-20(30)13-3-7-15(24)8-4-13)9-18(33-17)28-11-26-21(25)27-22(28)31/h2*1-8,11,16-18H,9-10H2,(H2,25,27,31)/t16-,17-,18+;16-,17-,18-/m11/s1. The average Bonchev–Trinajstić information content (AvgIpc) is 3.91. The van der Waals surface area contributed by atoms with Crippen molar-refractivity contribution in [3.05, 3.63) is 173 Å². The molecule has 0 aliphatic carbocycles. The van der Waals surface area contributed by atoms with E-state index in [0.29, 0.717) is 20.1 Å². The molecule has 2 aromatic heterocycles. The van der Waals surface area contributed by atoms with Crippen LogP contribution in [0.2, 0.25) is 20.1 Å². The molecule has 68 heavy (non-hydrogen) atoms. The Bertz CT molecular complexity index is 2700. The van der Waals surface area contributed by atoms with Crippen LogP contribution in [-0.4, -0.2) is 90.6 Å². The number of carbonyl (C=O) groups excluding carboxylic acids is 4. The summed E-state index contributed by atoms with van der Waals surface area (Å²) >= 11 is 23.4. The smallest absolute Gasteiger partial charge is 0.354 e. The first-order chi connectivity index (χ1) is 32.6. The van der Waals surface area contributed by atoms with Crippen molar-refractivity contribution in [2.24, 2.45) is 0 Å². The number of nitrogen functional groups attached to an aromatic ring is 2. The van der Waals surface area contributed by atoms with Gasteiger partial charge in [-0.15, -0.1) is 0 Å². The quantitative estimate of drug-likeness (QED) is 0.108. The molecule has 2 fully saturated rings. The van der Waals surface area contributed by atoms with Crippen molar-refractivity contribution in [3.63, 3.8) is 0 Å². The first kappa shape index (κ1) is 49.0. The molecule has 352 valence electrons. The predicted molar refractivity (Wildman–Crippen MR) is 243 cm³/mol. The molecule has 0 bridgehead atoms. The Morgan fingerprint density at radius 1 is 0.515 bits per heavy atom. The zero-order valence-corrected chi connectivity index (χ0v) is 38.0. The maximum absolute atomic E-state index is 12.7. The number of anilines is 2. The molecule has 8 rings (SSSR count). The van der Waals surface area contributed by atoms with Crippen LogP contribution in [0, 0.1) is 0 Å². The molecular formula is C44H36Cl4N8O12. The van der Waals surface area contributed by atoms with E-state index in [1.54, 1.807) is 48.5 Å². The van der Waals surface area contributed by atoms with Crippen LogP contribution in [0.25, 0.3) is 0 Å². The van der Waals surface area contributed by atoms with Crippen LogP contribution in [-0.2, 0) is 28.4 Å². The molecule has 4 aromatic carbocycles. The van der Waals surface area contributed by atoms with Gasteiger partial charge in [0.1, 0.15) is 62.7 Å². The highest BCUT2D eigenvalue weighted by molar-refractivity contribution is 6.31. The second kappa shape index (κ2) is 22.2. The minimum Gasteiger partial charge on any atom is -0.459 e. The summed E-state index contributed by atoms with van der Waals surface area (Å²) < 4.78 is 36.0. The lowest BCUT2D eigenvalue weighted by Gasteiger charge is -2.19.